The molecule has 0 aliphatic rings. The minimum atomic E-state index is -0.396. The fraction of sp³-hybridized carbons (Fsp3) is 0.286. The van der Waals surface area contributed by atoms with E-state index in [1.165, 1.54) is 6.07 Å². The summed E-state index contributed by atoms with van der Waals surface area (Å²) in [5.74, 6) is -0.303. The molecule has 2 rings (SSSR count). The number of nitrogens with zero attached hydrogens (tertiary/aromatic N) is 2. The number of halogens is 1. The van der Waals surface area contributed by atoms with Gasteiger partial charge in [-0.2, -0.15) is 5.10 Å². The predicted molar refractivity (Wildman–Crippen MR) is 73.0 cm³/mol. The Kier molecular flexibility index (Phi) is 4.70. The third-order valence-corrected chi connectivity index (χ3v) is 2.63. The summed E-state index contributed by atoms with van der Waals surface area (Å²) in [6.45, 7) is 0.293. The van der Waals surface area contributed by atoms with Gasteiger partial charge in [0.15, 0.2) is 11.6 Å². The van der Waals surface area contributed by atoms with Crippen molar-refractivity contribution in [2.24, 2.45) is 7.05 Å². The van der Waals surface area contributed by atoms with Gasteiger partial charge in [-0.15, -0.1) is 0 Å². The lowest BCUT2D eigenvalue weighted by Crippen LogP contribution is -2.12. The van der Waals surface area contributed by atoms with Gasteiger partial charge in [0.25, 0.3) is 0 Å². The maximum absolute atomic E-state index is 13.3. The summed E-state index contributed by atoms with van der Waals surface area (Å²) in [4.78, 5) is 11.6. The van der Waals surface area contributed by atoms with Crippen LogP contribution in [-0.2, 0) is 11.8 Å². The normalized spacial score (nSPS) is 10.3. The van der Waals surface area contributed by atoms with E-state index >= 15 is 0 Å². The van der Waals surface area contributed by atoms with Crippen LogP contribution in [0.25, 0.3) is 0 Å². The van der Waals surface area contributed by atoms with Crippen molar-refractivity contribution in [2.75, 3.05) is 11.9 Å². The minimum absolute atomic E-state index is 0.116. The van der Waals surface area contributed by atoms with Crippen LogP contribution in [-0.4, -0.2) is 22.3 Å². The summed E-state index contributed by atoms with van der Waals surface area (Å²) >= 11 is 0. The van der Waals surface area contributed by atoms with E-state index in [-0.39, 0.29) is 11.7 Å². The summed E-state index contributed by atoms with van der Waals surface area (Å²) in [6, 6.07) is 6.20. The topological polar surface area (TPSA) is 56.2 Å². The molecule has 1 aromatic heterocycles. The minimum Gasteiger partial charge on any atom is -0.491 e. The highest BCUT2D eigenvalue weighted by Crippen LogP contribution is 2.15. The highest BCUT2D eigenvalue weighted by molar-refractivity contribution is 5.90. The molecule has 1 heterocycles. The molecule has 6 heteroatoms. The average Bonchev–Trinajstić information content (AvgIpc) is 2.82. The van der Waals surface area contributed by atoms with E-state index in [1.54, 1.807) is 42.3 Å². The second-order valence-electron chi connectivity index (χ2n) is 4.33. The standard InChI is InChI=1S/C14H16FN3O2/c1-18-10-11(9-16-18)17-14(19)7-4-8-20-13-6-3-2-5-12(13)15/h2-3,5-6,9-10H,4,7-8H2,1H3,(H,17,19). The lowest BCUT2D eigenvalue weighted by atomic mass is 10.3. The Morgan fingerprint density at radius 3 is 2.95 bits per heavy atom. The fourth-order valence-corrected chi connectivity index (χ4v) is 1.69. The lowest BCUT2D eigenvalue weighted by molar-refractivity contribution is -0.116. The molecule has 0 saturated carbocycles. The van der Waals surface area contributed by atoms with Gasteiger partial charge in [-0.3, -0.25) is 9.48 Å². The van der Waals surface area contributed by atoms with Gasteiger partial charge in [0.05, 0.1) is 18.5 Å². The number of hydrogen-bond acceptors (Lipinski definition) is 3. The number of nitrogens with one attached hydrogen (secondary N) is 1. The second kappa shape index (κ2) is 6.70. The Morgan fingerprint density at radius 1 is 1.45 bits per heavy atom. The van der Waals surface area contributed by atoms with Crippen molar-refractivity contribution in [3.05, 3.63) is 42.5 Å². The van der Waals surface area contributed by atoms with Gasteiger partial charge in [0.2, 0.25) is 5.91 Å². The van der Waals surface area contributed by atoms with Gasteiger partial charge in [-0.1, -0.05) is 12.1 Å². The number of anilines is 1. The molecule has 0 fully saturated rings. The number of hydrogen-bond donors (Lipinski definition) is 1. The monoisotopic (exact) mass is 277 g/mol. The fourth-order valence-electron chi connectivity index (χ4n) is 1.69. The van der Waals surface area contributed by atoms with Crippen molar-refractivity contribution in [3.8, 4) is 5.75 Å². The molecule has 0 radical (unpaired) electrons. The van der Waals surface area contributed by atoms with E-state index < -0.39 is 5.82 Å². The zero-order chi connectivity index (χ0) is 14.4. The Morgan fingerprint density at radius 2 is 2.25 bits per heavy atom. The highest BCUT2D eigenvalue weighted by Gasteiger charge is 2.05. The van der Waals surface area contributed by atoms with Gasteiger partial charge in [0.1, 0.15) is 0 Å². The smallest absolute Gasteiger partial charge is 0.224 e. The molecule has 0 atom stereocenters. The maximum Gasteiger partial charge on any atom is 0.224 e. The molecular weight excluding hydrogens is 261 g/mol. The maximum atomic E-state index is 13.3. The van der Waals surface area contributed by atoms with Crippen molar-refractivity contribution in [2.45, 2.75) is 12.8 Å². The number of amides is 1. The predicted octanol–water partition coefficient (Wildman–Crippen LogP) is 2.36. The van der Waals surface area contributed by atoms with E-state index in [2.05, 4.69) is 10.4 Å². The highest BCUT2D eigenvalue weighted by atomic mass is 19.1. The Balaban J connectivity index is 1.68. The van der Waals surface area contributed by atoms with Crippen molar-refractivity contribution in [1.29, 1.82) is 0 Å². The van der Waals surface area contributed by atoms with Gasteiger partial charge < -0.3 is 10.1 Å². The van der Waals surface area contributed by atoms with Crippen molar-refractivity contribution < 1.29 is 13.9 Å². The summed E-state index contributed by atoms with van der Waals surface area (Å²) in [5.41, 5.74) is 0.660. The van der Waals surface area contributed by atoms with Crippen LogP contribution in [0.2, 0.25) is 0 Å². The van der Waals surface area contributed by atoms with Gasteiger partial charge in [0, 0.05) is 19.7 Å². The summed E-state index contributed by atoms with van der Waals surface area (Å²) in [6.07, 6.45) is 4.12. The number of aryl methyl sites for hydroxylation is 1. The van der Waals surface area contributed by atoms with Crippen LogP contribution < -0.4 is 10.1 Å². The van der Waals surface area contributed by atoms with Crippen molar-refractivity contribution >= 4 is 11.6 Å². The third-order valence-electron chi connectivity index (χ3n) is 2.63. The van der Waals surface area contributed by atoms with Crippen molar-refractivity contribution in [1.82, 2.24) is 9.78 Å². The van der Waals surface area contributed by atoms with E-state index in [9.17, 15) is 9.18 Å². The van der Waals surface area contributed by atoms with Gasteiger partial charge >= 0.3 is 0 Å². The molecule has 0 aliphatic carbocycles. The molecule has 1 aromatic carbocycles. The number of aromatic nitrogens is 2. The Bertz CT molecular complexity index is 583. The number of rotatable bonds is 6. The van der Waals surface area contributed by atoms with Crippen molar-refractivity contribution in [3.63, 3.8) is 0 Å². The molecule has 1 amide bonds. The molecule has 0 spiro atoms. The number of para-hydroxylation sites is 1. The number of benzene rings is 1. The number of carbonyl (C=O) groups is 1. The number of carbonyl (C=O) groups excluding carboxylic acids is 1. The molecule has 0 unspecified atom stereocenters. The molecule has 0 aliphatic heterocycles. The molecular formula is C14H16FN3O2. The van der Waals surface area contributed by atoms with Crippen LogP contribution in [0.4, 0.5) is 10.1 Å². The van der Waals surface area contributed by atoms with Crippen LogP contribution in [0.1, 0.15) is 12.8 Å². The van der Waals surface area contributed by atoms with E-state index in [1.807, 2.05) is 0 Å². The SMILES string of the molecule is Cn1cc(NC(=O)CCCOc2ccccc2F)cn1. The largest absolute Gasteiger partial charge is 0.491 e. The summed E-state index contributed by atoms with van der Waals surface area (Å²) in [5, 5.41) is 6.67. The first kappa shape index (κ1) is 14.0. The first-order valence-electron chi connectivity index (χ1n) is 6.31. The third kappa shape index (κ3) is 4.08. The lowest BCUT2D eigenvalue weighted by Gasteiger charge is -2.06. The molecule has 0 saturated heterocycles. The molecule has 106 valence electrons. The zero-order valence-electron chi connectivity index (χ0n) is 11.2. The zero-order valence-corrected chi connectivity index (χ0v) is 11.2. The first-order chi connectivity index (χ1) is 9.65. The molecule has 0 bridgehead atoms. The average molecular weight is 277 g/mol. The first-order valence-corrected chi connectivity index (χ1v) is 6.31. The Labute approximate surface area is 116 Å². The molecule has 2 aromatic rings. The van der Waals surface area contributed by atoms with Crippen LogP contribution in [0.15, 0.2) is 36.7 Å². The molecule has 1 N–H and O–H groups in total. The quantitative estimate of drug-likeness (QED) is 0.825. The number of ether oxygens (including phenoxy) is 1. The molecule has 20 heavy (non-hydrogen) atoms. The second-order valence-corrected chi connectivity index (χ2v) is 4.33. The summed E-state index contributed by atoms with van der Waals surface area (Å²) in [7, 11) is 1.78. The van der Waals surface area contributed by atoms with Crippen LogP contribution in [0.3, 0.4) is 0 Å². The van der Waals surface area contributed by atoms with Gasteiger partial charge in [-0.05, 0) is 18.6 Å². The Hall–Kier alpha value is -2.37. The van der Waals surface area contributed by atoms with Crippen LogP contribution in [0.5, 0.6) is 5.75 Å². The summed E-state index contributed by atoms with van der Waals surface area (Å²) < 4.78 is 20.1. The van der Waals surface area contributed by atoms with E-state index in [0.29, 0.717) is 25.1 Å². The van der Waals surface area contributed by atoms with Crippen LogP contribution >= 0.6 is 0 Å². The van der Waals surface area contributed by atoms with E-state index in [0.717, 1.165) is 0 Å². The molecule has 5 nitrogen and oxygen atoms in total. The van der Waals surface area contributed by atoms with Gasteiger partial charge in [-0.25, -0.2) is 4.39 Å². The van der Waals surface area contributed by atoms with Crippen LogP contribution in [0, 0.1) is 5.82 Å². The van der Waals surface area contributed by atoms with E-state index in [4.69, 9.17) is 4.74 Å².